The molecule has 1 aliphatic heterocycles. The van der Waals surface area contributed by atoms with Gasteiger partial charge >= 0.3 is 0 Å². The van der Waals surface area contributed by atoms with Gasteiger partial charge in [-0.05, 0) is 25.8 Å². The number of aryl methyl sites for hydroxylation is 2. The summed E-state index contributed by atoms with van der Waals surface area (Å²) in [5.74, 6) is -0.211. The zero-order valence-corrected chi connectivity index (χ0v) is 13.5. The first-order chi connectivity index (χ1) is 11.5. The Kier molecular flexibility index (Phi) is 4.20. The van der Waals surface area contributed by atoms with Gasteiger partial charge < -0.3 is 19.3 Å². The van der Waals surface area contributed by atoms with E-state index in [4.69, 9.17) is 4.52 Å². The van der Waals surface area contributed by atoms with Crippen LogP contribution in [-0.2, 0) is 7.05 Å². The van der Waals surface area contributed by atoms with Crippen LogP contribution in [0.1, 0.15) is 39.4 Å². The van der Waals surface area contributed by atoms with E-state index in [0.29, 0.717) is 24.4 Å². The predicted molar refractivity (Wildman–Crippen MR) is 86.0 cm³/mol. The molecule has 0 spiro atoms. The maximum absolute atomic E-state index is 12.5. The number of hydrogen-bond donors (Lipinski definition) is 1. The van der Waals surface area contributed by atoms with Gasteiger partial charge in [-0.15, -0.1) is 0 Å². The number of pyridine rings is 1. The van der Waals surface area contributed by atoms with Crippen molar-refractivity contribution in [3.63, 3.8) is 0 Å². The van der Waals surface area contributed by atoms with E-state index in [0.717, 1.165) is 12.8 Å². The van der Waals surface area contributed by atoms with Gasteiger partial charge in [-0.3, -0.25) is 14.4 Å². The molecule has 0 aromatic carbocycles. The van der Waals surface area contributed by atoms with E-state index in [-0.39, 0.29) is 17.3 Å². The fourth-order valence-corrected chi connectivity index (χ4v) is 2.68. The fourth-order valence-electron chi connectivity index (χ4n) is 2.68. The van der Waals surface area contributed by atoms with Gasteiger partial charge in [-0.25, -0.2) is 0 Å². The van der Waals surface area contributed by atoms with Crippen molar-refractivity contribution in [2.75, 3.05) is 18.4 Å². The number of rotatable bonds is 3. The average molecular weight is 330 g/mol. The van der Waals surface area contributed by atoms with E-state index in [9.17, 15) is 14.4 Å². The van der Waals surface area contributed by atoms with Crippen molar-refractivity contribution in [2.45, 2.75) is 19.8 Å². The molecule has 24 heavy (non-hydrogen) atoms. The fraction of sp³-hybridized carbons (Fsp3) is 0.375. The third-order valence-corrected chi connectivity index (χ3v) is 3.93. The summed E-state index contributed by atoms with van der Waals surface area (Å²) in [4.78, 5) is 38.6. The van der Waals surface area contributed by atoms with Crippen molar-refractivity contribution in [3.05, 3.63) is 45.7 Å². The first-order valence-electron chi connectivity index (χ1n) is 7.70. The summed E-state index contributed by atoms with van der Waals surface area (Å²) < 4.78 is 6.14. The number of aromatic nitrogens is 2. The SMILES string of the molecule is Cc1cc(C(=O)Nc2cc(C(=O)N3CCCC3)cn(C)c2=O)no1. The first kappa shape index (κ1) is 16.0. The Labute approximate surface area is 138 Å². The molecule has 0 atom stereocenters. The topological polar surface area (TPSA) is 97.4 Å². The predicted octanol–water partition coefficient (Wildman–Crippen LogP) is 1.17. The molecule has 8 heteroatoms. The van der Waals surface area contributed by atoms with Crippen LogP contribution < -0.4 is 10.9 Å². The monoisotopic (exact) mass is 330 g/mol. The molecule has 1 saturated heterocycles. The van der Waals surface area contributed by atoms with Crippen LogP contribution in [0.3, 0.4) is 0 Å². The molecule has 0 bridgehead atoms. The third-order valence-electron chi connectivity index (χ3n) is 3.93. The Morgan fingerprint density at radius 2 is 1.96 bits per heavy atom. The van der Waals surface area contributed by atoms with Crippen LogP contribution >= 0.6 is 0 Å². The number of likely N-dealkylation sites (tertiary alicyclic amines) is 1. The molecule has 8 nitrogen and oxygen atoms in total. The Hall–Kier alpha value is -2.90. The van der Waals surface area contributed by atoms with E-state index >= 15 is 0 Å². The maximum atomic E-state index is 12.5. The summed E-state index contributed by atoms with van der Waals surface area (Å²) in [6, 6.07) is 2.88. The molecule has 1 aliphatic rings. The van der Waals surface area contributed by atoms with Crippen molar-refractivity contribution in [1.29, 1.82) is 0 Å². The van der Waals surface area contributed by atoms with Gasteiger partial charge in [0, 0.05) is 32.4 Å². The minimum atomic E-state index is -0.560. The first-order valence-corrected chi connectivity index (χ1v) is 7.70. The molecule has 1 N–H and O–H groups in total. The van der Waals surface area contributed by atoms with E-state index in [1.165, 1.54) is 22.9 Å². The summed E-state index contributed by atoms with van der Waals surface area (Å²) >= 11 is 0. The molecule has 0 saturated carbocycles. The molecule has 0 radical (unpaired) electrons. The highest BCUT2D eigenvalue weighted by Gasteiger charge is 2.22. The standard InChI is InChI=1S/C16H18N4O4/c1-10-7-12(18-24-10)14(21)17-13-8-11(9-19(2)16(13)23)15(22)20-5-3-4-6-20/h7-9H,3-6H2,1-2H3,(H,17,21). The lowest BCUT2D eigenvalue weighted by molar-refractivity contribution is 0.0791. The van der Waals surface area contributed by atoms with Crippen molar-refractivity contribution in [1.82, 2.24) is 14.6 Å². The van der Waals surface area contributed by atoms with Crippen molar-refractivity contribution in [3.8, 4) is 0 Å². The highest BCUT2D eigenvalue weighted by atomic mass is 16.5. The molecular formula is C16H18N4O4. The number of amides is 2. The van der Waals surface area contributed by atoms with Crippen molar-refractivity contribution in [2.24, 2.45) is 7.05 Å². The van der Waals surface area contributed by atoms with Crippen LogP contribution in [0.4, 0.5) is 5.69 Å². The summed E-state index contributed by atoms with van der Waals surface area (Å²) in [7, 11) is 1.54. The van der Waals surface area contributed by atoms with Crippen LogP contribution in [0, 0.1) is 6.92 Å². The Bertz CT molecular complexity index is 846. The van der Waals surface area contributed by atoms with E-state index in [2.05, 4.69) is 10.5 Å². The number of nitrogens with one attached hydrogen (secondary N) is 1. The van der Waals surface area contributed by atoms with E-state index < -0.39 is 11.5 Å². The molecule has 3 rings (SSSR count). The lowest BCUT2D eigenvalue weighted by atomic mass is 10.2. The van der Waals surface area contributed by atoms with E-state index in [1.807, 2.05) is 0 Å². The number of nitrogens with zero attached hydrogens (tertiary/aromatic N) is 3. The largest absolute Gasteiger partial charge is 0.361 e. The molecule has 0 unspecified atom stereocenters. The molecule has 3 heterocycles. The Morgan fingerprint density at radius 3 is 2.58 bits per heavy atom. The Morgan fingerprint density at radius 1 is 1.25 bits per heavy atom. The molecule has 2 amide bonds. The van der Waals surface area contributed by atoms with Crippen LogP contribution in [0.25, 0.3) is 0 Å². The second kappa shape index (κ2) is 6.31. The maximum Gasteiger partial charge on any atom is 0.278 e. The quantitative estimate of drug-likeness (QED) is 0.911. The summed E-state index contributed by atoms with van der Waals surface area (Å²) in [6.45, 7) is 3.08. The van der Waals surface area contributed by atoms with Gasteiger partial charge in [0.2, 0.25) is 0 Å². The zero-order chi connectivity index (χ0) is 17.3. The van der Waals surface area contributed by atoms with Crippen LogP contribution in [0.2, 0.25) is 0 Å². The summed E-state index contributed by atoms with van der Waals surface area (Å²) in [5.41, 5.74) is 0.0752. The molecular weight excluding hydrogens is 312 g/mol. The van der Waals surface area contributed by atoms with Crippen molar-refractivity contribution < 1.29 is 14.1 Å². The molecule has 2 aromatic rings. The minimum Gasteiger partial charge on any atom is -0.361 e. The normalized spacial score (nSPS) is 14.0. The van der Waals surface area contributed by atoms with Crippen LogP contribution in [0.5, 0.6) is 0 Å². The second-order valence-corrected chi connectivity index (χ2v) is 5.83. The van der Waals surface area contributed by atoms with Crippen LogP contribution in [0.15, 0.2) is 27.6 Å². The van der Waals surface area contributed by atoms with Gasteiger partial charge in [0.05, 0.1) is 5.56 Å². The third kappa shape index (κ3) is 3.08. The van der Waals surface area contributed by atoms with Gasteiger partial charge in [0.15, 0.2) is 5.69 Å². The average Bonchev–Trinajstić information content (AvgIpc) is 3.22. The molecule has 126 valence electrons. The highest BCUT2D eigenvalue weighted by molar-refractivity contribution is 6.03. The van der Waals surface area contributed by atoms with Gasteiger partial charge in [0.25, 0.3) is 17.4 Å². The lowest BCUT2D eigenvalue weighted by Crippen LogP contribution is -2.31. The summed E-state index contributed by atoms with van der Waals surface area (Å²) in [6.07, 6.45) is 3.44. The lowest BCUT2D eigenvalue weighted by Gasteiger charge is -2.16. The number of carbonyl (C=O) groups is 2. The van der Waals surface area contributed by atoms with Gasteiger partial charge in [-0.2, -0.15) is 0 Å². The molecule has 0 aliphatic carbocycles. The van der Waals surface area contributed by atoms with E-state index in [1.54, 1.807) is 18.9 Å². The molecule has 1 fully saturated rings. The van der Waals surface area contributed by atoms with Crippen LogP contribution in [-0.4, -0.2) is 39.5 Å². The Balaban J connectivity index is 1.88. The minimum absolute atomic E-state index is 0.0354. The molecule has 2 aromatic heterocycles. The number of anilines is 1. The van der Waals surface area contributed by atoms with Gasteiger partial charge in [-0.1, -0.05) is 5.16 Å². The van der Waals surface area contributed by atoms with Gasteiger partial charge in [0.1, 0.15) is 11.4 Å². The number of hydrogen-bond acceptors (Lipinski definition) is 5. The highest BCUT2D eigenvalue weighted by Crippen LogP contribution is 2.14. The summed E-state index contributed by atoms with van der Waals surface area (Å²) in [5, 5.41) is 6.11. The smallest absolute Gasteiger partial charge is 0.278 e. The zero-order valence-electron chi connectivity index (χ0n) is 13.5. The second-order valence-electron chi connectivity index (χ2n) is 5.83. The number of carbonyl (C=O) groups excluding carboxylic acids is 2. The van der Waals surface area contributed by atoms with Crippen molar-refractivity contribution >= 4 is 17.5 Å².